The smallest absolute Gasteiger partial charge is 0.252 e. The average Bonchev–Trinajstić information content (AvgIpc) is 0.730. The lowest BCUT2D eigenvalue weighted by molar-refractivity contribution is 0.568. The lowest BCUT2D eigenvalue weighted by Gasteiger charge is -2.45. The zero-order valence-corrected chi connectivity index (χ0v) is 81.5. The van der Waals surface area contributed by atoms with Crippen LogP contribution in [0.25, 0.3) is 129 Å². The zero-order chi connectivity index (χ0) is 93.0. The molecule has 2 aliphatic heterocycles. The normalized spacial score (nSPS) is 13.3. The second kappa shape index (κ2) is 32.2. The Hall–Kier alpha value is -13.4. The van der Waals surface area contributed by atoms with Crippen LogP contribution in [0.2, 0.25) is 0 Å². The maximum absolute atomic E-state index is 5.54. The van der Waals surface area contributed by atoms with Gasteiger partial charge in [-0.2, -0.15) is 0 Å². The van der Waals surface area contributed by atoms with E-state index in [1.165, 1.54) is 83.1 Å². The number of hydrogen-bond acceptors (Lipinski definition) is 8. The molecular weight excluding hydrogens is 1600 g/mol. The van der Waals surface area contributed by atoms with Crippen LogP contribution >= 0.6 is 0 Å². The quantitative estimate of drug-likeness (QED) is 0.112. The predicted octanol–water partition coefficient (Wildman–Crippen LogP) is 30.6. The maximum atomic E-state index is 5.54. The van der Waals surface area contributed by atoms with Crippen molar-refractivity contribution < 1.29 is 0 Å². The molecule has 658 valence electrons. The van der Waals surface area contributed by atoms with Crippen LogP contribution in [0.15, 0.2) is 303 Å². The molecule has 0 radical (unpaired) electrons. The van der Waals surface area contributed by atoms with Crippen LogP contribution in [0.3, 0.4) is 0 Å². The van der Waals surface area contributed by atoms with Crippen molar-refractivity contribution >= 4 is 79.0 Å². The van der Waals surface area contributed by atoms with Crippen LogP contribution < -0.4 is 26.2 Å². The number of anilines is 6. The molecule has 3 aromatic heterocycles. The number of para-hydroxylation sites is 1. The van der Waals surface area contributed by atoms with Crippen molar-refractivity contribution in [2.24, 2.45) is 0 Å². The molecule has 132 heavy (non-hydrogen) atoms. The van der Waals surface area contributed by atoms with Crippen LogP contribution in [0.5, 0.6) is 0 Å². The first-order chi connectivity index (χ1) is 62.4. The monoisotopic (exact) mass is 1720 g/mol. The van der Waals surface area contributed by atoms with Crippen molar-refractivity contribution in [1.82, 2.24) is 34.5 Å². The van der Waals surface area contributed by atoms with E-state index in [1.54, 1.807) is 0 Å². The minimum atomic E-state index is -0.261. The Morgan fingerprint density at radius 3 is 0.833 bits per heavy atom. The van der Waals surface area contributed by atoms with E-state index < -0.39 is 0 Å². The van der Waals surface area contributed by atoms with Gasteiger partial charge in [0, 0.05) is 78.3 Å². The Labute approximate surface area is 782 Å². The van der Waals surface area contributed by atoms with E-state index in [2.05, 4.69) is 411 Å². The average molecular weight is 1730 g/mol. The molecule has 0 saturated carbocycles. The van der Waals surface area contributed by atoms with Gasteiger partial charge in [-0.05, 0) is 223 Å². The molecule has 0 N–H and O–H groups in total. The number of hydrogen-bond donors (Lipinski definition) is 0. The number of aromatic nitrogens is 7. The van der Waals surface area contributed by atoms with Gasteiger partial charge in [0.2, 0.25) is 0 Å². The molecule has 0 spiro atoms. The molecule has 5 heterocycles. The summed E-state index contributed by atoms with van der Waals surface area (Å²) in [5.41, 5.74) is 34.7. The molecule has 2 aliphatic rings. The molecule has 0 atom stereocenters. The van der Waals surface area contributed by atoms with Gasteiger partial charge in [-0.1, -0.05) is 385 Å². The second-order valence-corrected chi connectivity index (χ2v) is 45.1. The second-order valence-electron chi connectivity index (χ2n) is 45.1. The molecule has 0 amide bonds. The highest BCUT2D eigenvalue weighted by Gasteiger charge is 2.46. The fourth-order valence-electron chi connectivity index (χ4n) is 18.9. The van der Waals surface area contributed by atoms with Crippen LogP contribution in [-0.2, 0) is 43.3 Å². The highest BCUT2D eigenvalue weighted by Crippen LogP contribution is 2.52. The predicted molar refractivity (Wildman–Crippen MR) is 560 cm³/mol. The SMILES string of the molecule is CC(C)(C)c1cc(-c2ccc3c(c2)B2c4cc(-c5cc(C(C)(C)C)cc(C(C)(C)C)c5)ccc4N(c4cc(C(C)(C)C)cc(C(C)(C)C)c4)c4cc(-c5ccc6c(c5)c5ccccc5n6-c5ccc(-c6nc(-c7ccccc7)nc(-c7ccccc7)n6)cc5-c5nc(-c6ccccc6)nc(-c6ccccc6)n5)cc(c42)N3c2cc(C(C)(C)C)cc(C(C)(C)C)c2)cc(C(C)(C)C)c1. The molecule has 9 nitrogen and oxygen atoms in total. The molecule has 0 aliphatic carbocycles. The standard InChI is InChI=1S/C122H122BN9/c1-115(2,3)86-57-83(58-87(67-86)116(4,5)6)80-50-55-104-99(63-80)123-100-64-81(84-59-88(117(7,8)9)68-89(60-84)118(10,11)12)51-56-105(100)131(95-73-92(121(19,20)21)70-93(74-95)122(22,23)24)107-66-85(65-106(108(107)123)130(104)94-71-90(119(13,14)15)69-91(72-94)120(16,17)18)79-49-53-102-97(61-79)96-47-37-38-48-101(96)132(102)103-54-52-82(113-126-109(75-39-29-25-30-40-75)124-110(127-113)76-41-31-26-32-42-76)62-98(103)114-128-111(77-43-33-27-34-44-77)125-112(129-114)78-45-35-28-36-46-78/h25-74H,1-24H3. The maximum Gasteiger partial charge on any atom is 0.252 e. The van der Waals surface area contributed by atoms with Gasteiger partial charge in [0.05, 0.1) is 16.7 Å². The van der Waals surface area contributed by atoms with Gasteiger partial charge in [0.1, 0.15) is 0 Å². The van der Waals surface area contributed by atoms with Crippen molar-refractivity contribution in [2.75, 3.05) is 9.80 Å². The molecule has 10 heteroatoms. The molecule has 0 saturated heterocycles. The van der Waals surface area contributed by atoms with Gasteiger partial charge in [0.15, 0.2) is 34.9 Å². The summed E-state index contributed by atoms with van der Waals surface area (Å²) in [5, 5.41) is 2.18. The Balaban J connectivity index is 0.913. The molecule has 19 rings (SSSR count). The summed E-state index contributed by atoms with van der Waals surface area (Å²) in [5.74, 6) is 3.24. The summed E-state index contributed by atoms with van der Waals surface area (Å²) in [6.07, 6.45) is 0. The number of rotatable bonds is 12. The lowest BCUT2D eigenvalue weighted by atomic mass is 9.33. The van der Waals surface area contributed by atoms with E-state index in [9.17, 15) is 0 Å². The third-order valence-corrected chi connectivity index (χ3v) is 27.0. The summed E-state index contributed by atoms with van der Waals surface area (Å²) in [4.78, 5) is 37.6. The van der Waals surface area contributed by atoms with Gasteiger partial charge in [-0.3, -0.25) is 0 Å². The van der Waals surface area contributed by atoms with Crippen LogP contribution in [0.1, 0.15) is 211 Å². The van der Waals surface area contributed by atoms with Crippen molar-refractivity contribution in [3.05, 3.63) is 348 Å². The number of fused-ring (bicyclic) bond motifs is 7. The van der Waals surface area contributed by atoms with Crippen LogP contribution in [0.4, 0.5) is 34.1 Å². The first-order valence-electron chi connectivity index (χ1n) is 47.1. The highest BCUT2D eigenvalue weighted by molar-refractivity contribution is 7.00. The van der Waals surface area contributed by atoms with E-state index >= 15 is 0 Å². The molecule has 0 unspecified atom stereocenters. The topological polar surface area (TPSA) is 88.8 Å². The first kappa shape index (κ1) is 87.9. The Bertz CT molecular complexity index is 6920. The van der Waals surface area contributed by atoms with Gasteiger partial charge in [-0.25, -0.2) is 29.9 Å². The third-order valence-electron chi connectivity index (χ3n) is 27.0. The lowest BCUT2D eigenvalue weighted by Crippen LogP contribution is -2.61. The van der Waals surface area contributed by atoms with E-state index in [4.69, 9.17) is 29.9 Å². The van der Waals surface area contributed by atoms with Crippen molar-refractivity contribution in [1.29, 1.82) is 0 Å². The highest BCUT2D eigenvalue weighted by atomic mass is 15.2. The van der Waals surface area contributed by atoms with Gasteiger partial charge in [-0.15, -0.1) is 0 Å². The summed E-state index contributed by atoms with van der Waals surface area (Å²) >= 11 is 0. The van der Waals surface area contributed by atoms with Crippen molar-refractivity contribution in [3.8, 4) is 107 Å². The van der Waals surface area contributed by atoms with E-state index in [1.807, 2.05) is 72.8 Å². The largest absolute Gasteiger partial charge is 0.311 e. The molecule has 0 fully saturated rings. The van der Waals surface area contributed by atoms with Crippen molar-refractivity contribution in [3.63, 3.8) is 0 Å². The summed E-state index contributed by atoms with van der Waals surface area (Å²) < 4.78 is 2.41. The van der Waals surface area contributed by atoms with E-state index in [0.717, 1.165) is 106 Å². The first-order valence-corrected chi connectivity index (χ1v) is 47.1. The summed E-state index contributed by atoms with van der Waals surface area (Å²) in [6.45, 7) is 56.5. The molecule has 14 aromatic carbocycles. The van der Waals surface area contributed by atoms with Crippen LogP contribution in [0, 0.1) is 0 Å². The van der Waals surface area contributed by atoms with Crippen molar-refractivity contribution in [2.45, 2.75) is 209 Å². The number of benzene rings is 14. The molecule has 17 aromatic rings. The van der Waals surface area contributed by atoms with Gasteiger partial charge in [0.25, 0.3) is 6.71 Å². The van der Waals surface area contributed by atoms with Crippen LogP contribution in [-0.4, -0.2) is 41.2 Å². The number of nitrogens with zero attached hydrogens (tertiary/aromatic N) is 9. The van der Waals surface area contributed by atoms with E-state index in [0.29, 0.717) is 34.9 Å². The van der Waals surface area contributed by atoms with Gasteiger partial charge < -0.3 is 14.4 Å². The fraction of sp³-hybridized carbons (Fsp3) is 0.262. The minimum absolute atomic E-state index is 0.110. The summed E-state index contributed by atoms with van der Waals surface area (Å²) in [6, 6.07) is 113. The Morgan fingerprint density at radius 1 is 0.197 bits per heavy atom. The molecule has 0 bridgehead atoms. The minimum Gasteiger partial charge on any atom is -0.311 e. The Kier molecular flexibility index (Phi) is 21.5. The van der Waals surface area contributed by atoms with Gasteiger partial charge >= 0.3 is 0 Å². The summed E-state index contributed by atoms with van der Waals surface area (Å²) in [7, 11) is 0. The molecular formula is C122H122BN9. The Morgan fingerprint density at radius 2 is 0.477 bits per heavy atom. The fourth-order valence-corrected chi connectivity index (χ4v) is 18.9. The van der Waals surface area contributed by atoms with E-state index in [-0.39, 0.29) is 50.0 Å². The third kappa shape index (κ3) is 16.7. The zero-order valence-electron chi connectivity index (χ0n) is 81.5.